The van der Waals surface area contributed by atoms with Gasteiger partial charge in [0.15, 0.2) is 0 Å². The molecule has 2 nitrogen and oxygen atoms in total. The SMILES string of the molecule is C[C@@H]1CC(c2ccc3ccccc3n2)C[C@H](C)O1. The third kappa shape index (κ3) is 2.25. The summed E-state index contributed by atoms with van der Waals surface area (Å²) in [7, 11) is 0. The highest BCUT2D eigenvalue weighted by atomic mass is 16.5. The lowest BCUT2D eigenvalue weighted by molar-refractivity contribution is -0.0385. The first kappa shape index (κ1) is 11.7. The molecule has 0 N–H and O–H groups in total. The van der Waals surface area contributed by atoms with Crippen molar-refractivity contribution in [3.8, 4) is 0 Å². The Morgan fingerprint density at radius 3 is 2.50 bits per heavy atom. The highest BCUT2D eigenvalue weighted by Gasteiger charge is 2.26. The van der Waals surface area contributed by atoms with E-state index in [-0.39, 0.29) is 0 Å². The van der Waals surface area contributed by atoms with Crippen molar-refractivity contribution in [3.05, 3.63) is 42.1 Å². The first-order valence-corrected chi connectivity index (χ1v) is 6.73. The summed E-state index contributed by atoms with van der Waals surface area (Å²) < 4.78 is 5.80. The fourth-order valence-electron chi connectivity index (χ4n) is 2.96. The van der Waals surface area contributed by atoms with Crippen molar-refractivity contribution < 1.29 is 4.74 Å². The molecule has 3 rings (SSSR count). The van der Waals surface area contributed by atoms with E-state index in [9.17, 15) is 0 Å². The third-order valence-corrected chi connectivity index (χ3v) is 3.74. The Kier molecular flexibility index (Phi) is 3.04. The molecular weight excluding hydrogens is 222 g/mol. The molecule has 1 aliphatic rings. The Bertz CT molecular complexity index is 542. The van der Waals surface area contributed by atoms with Crippen molar-refractivity contribution in [1.29, 1.82) is 0 Å². The Balaban J connectivity index is 1.93. The number of nitrogens with zero attached hydrogens (tertiary/aromatic N) is 1. The zero-order valence-corrected chi connectivity index (χ0v) is 11.0. The molecule has 0 amide bonds. The van der Waals surface area contributed by atoms with Crippen LogP contribution >= 0.6 is 0 Å². The third-order valence-electron chi connectivity index (χ3n) is 3.74. The molecule has 0 spiro atoms. The summed E-state index contributed by atoms with van der Waals surface area (Å²) in [6.45, 7) is 4.31. The van der Waals surface area contributed by atoms with Crippen LogP contribution in [0.3, 0.4) is 0 Å². The number of rotatable bonds is 1. The number of hydrogen-bond donors (Lipinski definition) is 0. The topological polar surface area (TPSA) is 22.1 Å². The van der Waals surface area contributed by atoms with Crippen molar-refractivity contribution in [3.63, 3.8) is 0 Å². The summed E-state index contributed by atoms with van der Waals surface area (Å²) in [6, 6.07) is 12.7. The Morgan fingerprint density at radius 1 is 1.00 bits per heavy atom. The molecule has 1 aliphatic heterocycles. The summed E-state index contributed by atoms with van der Waals surface area (Å²) in [6.07, 6.45) is 2.84. The first-order valence-electron chi connectivity index (χ1n) is 6.73. The quantitative estimate of drug-likeness (QED) is 0.755. The second-order valence-electron chi connectivity index (χ2n) is 5.35. The largest absolute Gasteiger partial charge is 0.376 e. The number of ether oxygens (including phenoxy) is 1. The second-order valence-corrected chi connectivity index (χ2v) is 5.35. The average molecular weight is 241 g/mol. The maximum atomic E-state index is 5.80. The molecule has 94 valence electrons. The summed E-state index contributed by atoms with van der Waals surface area (Å²) in [5, 5.41) is 1.22. The minimum Gasteiger partial charge on any atom is -0.376 e. The molecule has 1 aromatic carbocycles. The van der Waals surface area contributed by atoms with E-state index in [2.05, 4.69) is 44.2 Å². The minimum absolute atomic E-state index is 0.340. The van der Waals surface area contributed by atoms with Crippen LogP contribution in [0.25, 0.3) is 10.9 Å². The zero-order chi connectivity index (χ0) is 12.5. The van der Waals surface area contributed by atoms with Gasteiger partial charge in [0.25, 0.3) is 0 Å². The lowest BCUT2D eigenvalue weighted by Crippen LogP contribution is -2.28. The van der Waals surface area contributed by atoms with Gasteiger partial charge in [-0.1, -0.05) is 24.3 Å². The molecule has 1 aromatic heterocycles. The predicted molar refractivity (Wildman–Crippen MR) is 73.7 cm³/mol. The molecule has 3 atom stereocenters. The molecule has 1 saturated heterocycles. The average Bonchev–Trinajstić information content (AvgIpc) is 2.37. The second kappa shape index (κ2) is 4.69. The monoisotopic (exact) mass is 241 g/mol. The Hall–Kier alpha value is -1.41. The Labute approximate surface area is 108 Å². The number of fused-ring (bicyclic) bond motifs is 1. The normalized spacial score (nSPS) is 28.4. The summed E-state index contributed by atoms with van der Waals surface area (Å²) in [5.41, 5.74) is 2.32. The Morgan fingerprint density at radius 2 is 1.72 bits per heavy atom. The minimum atomic E-state index is 0.340. The van der Waals surface area contributed by atoms with Gasteiger partial charge in [0, 0.05) is 17.0 Å². The lowest BCUT2D eigenvalue weighted by Gasteiger charge is -2.31. The van der Waals surface area contributed by atoms with Gasteiger partial charge in [-0.3, -0.25) is 4.98 Å². The van der Waals surface area contributed by atoms with Crippen molar-refractivity contribution in [2.45, 2.75) is 44.8 Å². The maximum absolute atomic E-state index is 5.80. The van der Waals surface area contributed by atoms with Crippen LogP contribution in [0.1, 0.15) is 38.3 Å². The molecule has 0 aliphatic carbocycles. The molecule has 2 heterocycles. The standard InChI is InChI=1S/C16H19NO/c1-11-9-14(10-12(2)18-11)16-8-7-13-5-3-4-6-15(13)17-16/h3-8,11-12,14H,9-10H2,1-2H3/t11-,12+,14?. The lowest BCUT2D eigenvalue weighted by atomic mass is 9.89. The van der Waals surface area contributed by atoms with Crippen LogP contribution in [-0.4, -0.2) is 17.2 Å². The van der Waals surface area contributed by atoms with E-state index in [1.54, 1.807) is 0 Å². The maximum Gasteiger partial charge on any atom is 0.0705 e. The van der Waals surface area contributed by atoms with Crippen molar-refractivity contribution in [2.75, 3.05) is 0 Å². The molecule has 0 saturated carbocycles. The molecule has 1 fully saturated rings. The summed E-state index contributed by atoms with van der Waals surface area (Å²) in [5.74, 6) is 0.536. The van der Waals surface area contributed by atoms with Crippen LogP contribution in [0.15, 0.2) is 36.4 Å². The molecule has 1 unspecified atom stereocenters. The van der Waals surface area contributed by atoms with Crippen LogP contribution in [-0.2, 0) is 4.74 Å². The number of aromatic nitrogens is 1. The van der Waals surface area contributed by atoms with Gasteiger partial charge in [-0.15, -0.1) is 0 Å². The number of benzene rings is 1. The molecular formula is C16H19NO. The molecule has 2 heteroatoms. The van der Waals surface area contributed by atoms with Crippen molar-refractivity contribution in [1.82, 2.24) is 4.98 Å². The predicted octanol–water partition coefficient (Wildman–Crippen LogP) is 3.91. The van der Waals surface area contributed by atoms with Crippen LogP contribution in [0.4, 0.5) is 0 Å². The van der Waals surface area contributed by atoms with E-state index in [4.69, 9.17) is 9.72 Å². The van der Waals surface area contributed by atoms with Crippen LogP contribution in [0.2, 0.25) is 0 Å². The van der Waals surface area contributed by atoms with Gasteiger partial charge in [-0.05, 0) is 38.8 Å². The van der Waals surface area contributed by atoms with E-state index in [1.165, 1.54) is 11.1 Å². The van der Waals surface area contributed by atoms with Crippen molar-refractivity contribution in [2.24, 2.45) is 0 Å². The molecule has 2 aromatic rings. The highest BCUT2D eigenvalue weighted by Crippen LogP contribution is 2.32. The number of hydrogen-bond acceptors (Lipinski definition) is 2. The van der Waals surface area contributed by atoms with Crippen LogP contribution in [0, 0.1) is 0 Å². The fourth-order valence-corrected chi connectivity index (χ4v) is 2.96. The first-order chi connectivity index (χ1) is 8.72. The number of para-hydroxylation sites is 1. The van der Waals surface area contributed by atoms with E-state index < -0.39 is 0 Å². The van der Waals surface area contributed by atoms with E-state index >= 15 is 0 Å². The zero-order valence-electron chi connectivity index (χ0n) is 11.0. The van der Waals surface area contributed by atoms with E-state index in [0.717, 1.165) is 18.4 Å². The van der Waals surface area contributed by atoms with Gasteiger partial charge < -0.3 is 4.74 Å². The summed E-state index contributed by atoms with van der Waals surface area (Å²) in [4.78, 5) is 4.81. The van der Waals surface area contributed by atoms with Gasteiger partial charge in [0.2, 0.25) is 0 Å². The highest BCUT2D eigenvalue weighted by molar-refractivity contribution is 5.78. The van der Waals surface area contributed by atoms with E-state index in [0.29, 0.717) is 18.1 Å². The summed E-state index contributed by atoms with van der Waals surface area (Å²) >= 11 is 0. The van der Waals surface area contributed by atoms with Gasteiger partial charge in [0.05, 0.1) is 17.7 Å². The molecule has 0 bridgehead atoms. The fraction of sp³-hybridized carbons (Fsp3) is 0.438. The van der Waals surface area contributed by atoms with Gasteiger partial charge in [0.1, 0.15) is 0 Å². The van der Waals surface area contributed by atoms with Gasteiger partial charge in [-0.2, -0.15) is 0 Å². The smallest absolute Gasteiger partial charge is 0.0705 e. The van der Waals surface area contributed by atoms with E-state index in [1.807, 2.05) is 6.07 Å². The van der Waals surface area contributed by atoms with Gasteiger partial charge in [-0.25, -0.2) is 0 Å². The molecule has 18 heavy (non-hydrogen) atoms. The number of pyridine rings is 1. The molecule has 0 radical (unpaired) electrons. The van der Waals surface area contributed by atoms with Crippen LogP contribution in [0.5, 0.6) is 0 Å². The van der Waals surface area contributed by atoms with Crippen LogP contribution < -0.4 is 0 Å². The van der Waals surface area contributed by atoms with Crippen molar-refractivity contribution >= 4 is 10.9 Å². The van der Waals surface area contributed by atoms with Gasteiger partial charge >= 0.3 is 0 Å².